The van der Waals surface area contributed by atoms with Gasteiger partial charge in [0.2, 0.25) is 11.8 Å². The third kappa shape index (κ3) is 3.55. The monoisotopic (exact) mass is 280 g/mol. The topological polar surface area (TPSA) is 133 Å². The van der Waals surface area contributed by atoms with Gasteiger partial charge in [-0.2, -0.15) is 0 Å². The van der Waals surface area contributed by atoms with Gasteiger partial charge in [-0.3, -0.25) is 9.59 Å². The highest BCUT2D eigenvalue weighted by Gasteiger charge is 2.20. The zero-order chi connectivity index (χ0) is 15.4. The van der Waals surface area contributed by atoms with Gasteiger partial charge in [0.15, 0.2) is 0 Å². The van der Waals surface area contributed by atoms with Crippen LogP contribution in [0, 0.1) is 0 Å². The van der Waals surface area contributed by atoms with Crippen molar-refractivity contribution >= 4 is 35.1 Å². The fourth-order valence-electron chi connectivity index (χ4n) is 1.54. The lowest BCUT2D eigenvalue weighted by Crippen LogP contribution is -2.16. The molecular formula is C12H12N2O6. The van der Waals surface area contributed by atoms with Gasteiger partial charge in [0.25, 0.3) is 0 Å². The standard InChI is InChI=1S/C12H12N2O6/c1-5(15)13-9-4-10(14-6(2)16)8(12(19)20)3-7(9)11(17)18/h3-4H,1-2H3,(H,13,15)(H,14,16)(H,17,18)(H,19,20). The van der Waals surface area contributed by atoms with E-state index in [2.05, 4.69) is 10.6 Å². The van der Waals surface area contributed by atoms with E-state index in [-0.39, 0.29) is 22.5 Å². The number of rotatable bonds is 4. The van der Waals surface area contributed by atoms with Crippen LogP contribution in [0.25, 0.3) is 0 Å². The molecule has 0 aliphatic carbocycles. The lowest BCUT2D eigenvalue weighted by Gasteiger charge is -2.12. The lowest BCUT2D eigenvalue weighted by atomic mass is 10.1. The number of carbonyl (C=O) groups is 4. The maximum absolute atomic E-state index is 11.1. The summed E-state index contributed by atoms with van der Waals surface area (Å²) in [7, 11) is 0. The minimum Gasteiger partial charge on any atom is -0.478 e. The molecular weight excluding hydrogens is 268 g/mol. The van der Waals surface area contributed by atoms with Gasteiger partial charge in [0.05, 0.1) is 22.5 Å². The first kappa shape index (κ1) is 15.2. The van der Waals surface area contributed by atoms with Crippen LogP contribution >= 0.6 is 0 Å². The number of anilines is 2. The molecule has 1 rings (SSSR count). The van der Waals surface area contributed by atoms with Gasteiger partial charge in [0, 0.05) is 13.8 Å². The van der Waals surface area contributed by atoms with Gasteiger partial charge in [-0.15, -0.1) is 0 Å². The van der Waals surface area contributed by atoms with E-state index in [4.69, 9.17) is 10.2 Å². The Morgan fingerprint density at radius 3 is 1.40 bits per heavy atom. The second kappa shape index (κ2) is 5.83. The van der Waals surface area contributed by atoms with Crippen molar-refractivity contribution < 1.29 is 29.4 Å². The summed E-state index contributed by atoms with van der Waals surface area (Å²) in [4.78, 5) is 44.2. The minimum absolute atomic E-state index is 0.0984. The molecule has 0 atom stereocenters. The van der Waals surface area contributed by atoms with Crippen LogP contribution in [0.2, 0.25) is 0 Å². The van der Waals surface area contributed by atoms with E-state index in [0.717, 1.165) is 12.1 Å². The van der Waals surface area contributed by atoms with Crippen LogP contribution in [0.15, 0.2) is 12.1 Å². The molecule has 0 unspecified atom stereocenters. The lowest BCUT2D eigenvalue weighted by molar-refractivity contribution is -0.115. The Morgan fingerprint density at radius 1 is 0.800 bits per heavy atom. The molecule has 8 heteroatoms. The van der Waals surface area contributed by atoms with Gasteiger partial charge in [0.1, 0.15) is 0 Å². The summed E-state index contributed by atoms with van der Waals surface area (Å²) in [5, 5.41) is 22.6. The summed E-state index contributed by atoms with van der Waals surface area (Å²) in [6.45, 7) is 2.35. The summed E-state index contributed by atoms with van der Waals surface area (Å²) < 4.78 is 0. The molecule has 0 bridgehead atoms. The fourth-order valence-corrected chi connectivity index (χ4v) is 1.54. The maximum atomic E-state index is 11.1. The molecule has 0 aliphatic rings. The molecule has 106 valence electrons. The summed E-state index contributed by atoms with van der Waals surface area (Å²) >= 11 is 0. The van der Waals surface area contributed by atoms with Crippen molar-refractivity contribution in [3.8, 4) is 0 Å². The number of aromatic carboxylic acids is 2. The van der Waals surface area contributed by atoms with E-state index < -0.39 is 23.8 Å². The molecule has 0 saturated heterocycles. The highest BCUT2D eigenvalue weighted by atomic mass is 16.4. The summed E-state index contributed by atoms with van der Waals surface area (Å²) in [6, 6.07) is 1.97. The predicted molar refractivity (Wildman–Crippen MR) is 69.0 cm³/mol. The first-order valence-electron chi connectivity index (χ1n) is 5.42. The number of hydrogen-bond acceptors (Lipinski definition) is 4. The van der Waals surface area contributed by atoms with E-state index >= 15 is 0 Å². The first-order chi connectivity index (χ1) is 9.22. The zero-order valence-corrected chi connectivity index (χ0v) is 10.7. The van der Waals surface area contributed by atoms with E-state index in [1.54, 1.807) is 0 Å². The number of carbonyl (C=O) groups excluding carboxylic acids is 2. The Bertz CT molecular complexity index is 559. The van der Waals surface area contributed by atoms with Crippen molar-refractivity contribution in [2.75, 3.05) is 10.6 Å². The molecule has 0 aromatic heterocycles. The van der Waals surface area contributed by atoms with Gasteiger partial charge >= 0.3 is 11.9 Å². The van der Waals surface area contributed by atoms with Gasteiger partial charge in [-0.1, -0.05) is 0 Å². The third-order valence-electron chi connectivity index (χ3n) is 2.24. The molecule has 20 heavy (non-hydrogen) atoms. The predicted octanol–water partition coefficient (Wildman–Crippen LogP) is 1.000. The molecule has 8 nitrogen and oxygen atoms in total. The molecule has 0 fully saturated rings. The average Bonchev–Trinajstić information content (AvgIpc) is 2.26. The fraction of sp³-hybridized carbons (Fsp3) is 0.167. The second-order valence-electron chi connectivity index (χ2n) is 3.92. The highest BCUT2D eigenvalue weighted by molar-refractivity contribution is 6.07. The van der Waals surface area contributed by atoms with E-state index in [9.17, 15) is 19.2 Å². The van der Waals surface area contributed by atoms with Crippen LogP contribution in [0.4, 0.5) is 11.4 Å². The van der Waals surface area contributed by atoms with Crippen molar-refractivity contribution in [2.24, 2.45) is 0 Å². The Balaban J connectivity index is 3.50. The van der Waals surface area contributed by atoms with Crippen molar-refractivity contribution in [2.45, 2.75) is 13.8 Å². The number of nitrogens with one attached hydrogen (secondary N) is 2. The molecule has 1 aromatic carbocycles. The van der Waals surface area contributed by atoms with Crippen LogP contribution in [0.5, 0.6) is 0 Å². The van der Waals surface area contributed by atoms with E-state index in [1.165, 1.54) is 13.8 Å². The summed E-state index contributed by atoms with van der Waals surface area (Å²) in [5.41, 5.74) is -0.962. The molecule has 4 N–H and O–H groups in total. The quantitative estimate of drug-likeness (QED) is 0.650. The van der Waals surface area contributed by atoms with Crippen molar-refractivity contribution in [1.82, 2.24) is 0 Å². The highest BCUT2D eigenvalue weighted by Crippen LogP contribution is 2.26. The van der Waals surface area contributed by atoms with E-state index in [1.807, 2.05) is 0 Å². The van der Waals surface area contributed by atoms with Gasteiger partial charge in [-0.05, 0) is 12.1 Å². The van der Waals surface area contributed by atoms with Crippen LogP contribution < -0.4 is 10.6 Å². The Labute approximate surface area is 113 Å². The van der Waals surface area contributed by atoms with Crippen LogP contribution in [0.1, 0.15) is 34.6 Å². The van der Waals surface area contributed by atoms with Gasteiger partial charge < -0.3 is 20.8 Å². The molecule has 0 radical (unpaired) electrons. The molecule has 2 amide bonds. The molecule has 0 aliphatic heterocycles. The molecule has 1 aromatic rings. The summed E-state index contributed by atoms with van der Waals surface area (Å²) in [6.07, 6.45) is 0. The van der Waals surface area contributed by atoms with Gasteiger partial charge in [-0.25, -0.2) is 9.59 Å². The minimum atomic E-state index is -1.40. The molecule has 0 heterocycles. The number of benzene rings is 1. The van der Waals surface area contributed by atoms with Crippen LogP contribution in [0.3, 0.4) is 0 Å². The Hall–Kier alpha value is -2.90. The smallest absolute Gasteiger partial charge is 0.337 e. The normalized spacial score (nSPS) is 9.70. The first-order valence-corrected chi connectivity index (χ1v) is 5.42. The molecule has 0 spiro atoms. The Kier molecular flexibility index (Phi) is 4.42. The van der Waals surface area contributed by atoms with Crippen molar-refractivity contribution in [3.63, 3.8) is 0 Å². The average molecular weight is 280 g/mol. The third-order valence-corrected chi connectivity index (χ3v) is 2.24. The number of amides is 2. The van der Waals surface area contributed by atoms with Crippen LogP contribution in [-0.4, -0.2) is 34.0 Å². The molecule has 0 saturated carbocycles. The summed E-state index contributed by atoms with van der Waals surface area (Å²) in [5.74, 6) is -3.84. The number of carboxylic acid groups (broad SMARTS) is 2. The van der Waals surface area contributed by atoms with Crippen molar-refractivity contribution in [3.05, 3.63) is 23.3 Å². The zero-order valence-electron chi connectivity index (χ0n) is 10.7. The van der Waals surface area contributed by atoms with E-state index in [0.29, 0.717) is 0 Å². The van der Waals surface area contributed by atoms with Crippen LogP contribution in [-0.2, 0) is 9.59 Å². The largest absolute Gasteiger partial charge is 0.478 e. The van der Waals surface area contributed by atoms with Crippen molar-refractivity contribution in [1.29, 1.82) is 0 Å². The number of carboxylic acids is 2. The Morgan fingerprint density at radius 2 is 1.15 bits per heavy atom. The SMILES string of the molecule is CC(=O)Nc1cc(NC(C)=O)c(C(=O)O)cc1C(=O)O. The number of hydrogen-bond donors (Lipinski definition) is 4. The second-order valence-corrected chi connectivity index (χ2v) is 3.92. The maximum Gasteiger partial charge on any atom is 0.337 e.